The normalized spacial score (nSPS) is 13.2. The molecule has 1 rings (SSSR count). The molecule has 0 unspecified atom stereocenters. The molecule has 0 aromatic heterocycles. The first-order valence-electron chi connectivity index (χ1n) is 7.23. The lowest BCUT2D eigenvalue weighted by Crippen LogP contribution is -2.19. The molecular formula is C16H33N. The van der Waals surface area contributed by atoms with Crippen LogP contribution in [0.5, 0.6) is 0 Å². The zero-order chi connectivity index (χ0) is 13.7. The van der Waals surface area contributed by atoms with E-state index in [1.54, 1.807) is 0 Å². The Morgan fingerprint density at radius 2 is 1.76 bits per heavy atom. The van der Waals surface area contributed by atoms with Crippen molar-refractivity contribution in [2.75, 3.05) is 13.6 Å². The Labute approximate surface area is 110 Å². The van der Waals surface area contributed by atoms with Gasteiger partial charge in [0.2, 0.25) is 0 Å². The van der Waals surface area contributed by atoms with Gasteiger partial charge in [-0.25, -0.2) is 0 Å². The van der Waals surface area contributed by atoms with Crippen LogP contribution in [0.3, 0.4) is 0 Å². The minimum atomic E-state index is 1.06. The van der Waals surface area contributed by atoms with Crippen LogP contribution in [0.25, 0.3) is 0 Å². The highest BCUT2D eigenvalue weighted by Crippen LogP contribution is 2.19. The first-order valence-corrected chi connectivity index (χ1v) is 7.23. The first-order chi connectivity index (χ1) is 8.20. The molecule has 0 spiro atoms. The number of allylic oxidation sites excluding steroid dienone is 3. The average Bonchev–Trinajstić information content (AvgIpc) is 2.41. The maximum atomic E-state index is 2.39. The molecule has 1 heteroatoms. The lowest BCUT2D eigenvalue weighted by Gasteiger charge is -2.24. The van der Waals surface area contributed by atoms with Gasteiger partial charge < -0.3 is 4.90 Å². The van der Waals surface area contributed by atoms with Crippen molar-refractivity contribution in [1.82, 2.24) is 4.90 Å². The van der Waals surface area contributed by atoms with Crippen LogP contribution in [0.2, 0.25) is 0 Å². The molecule has 0 fully saturated rings. The number of hydrogen-bond donors (Lipinski definition) is 0. The van der Waals surface area contributed by atoms with Gasteiger partial charge in [0.05, 0.1) is 0 Å². The van der Waals surface area contributed by atoms with Crippen molar-refractivity contribution in [1.29, 1.82) is 0 Å². The van der Waals surface area contributed by atoms with Crippen LogP contribution < -0.4 is 0 Å². The van der Waals surface area contributed by atoms with E-state index in [0.717, 1.165) is 6.54 Å². The maximum absolute atomic E-state index is 2.39. The van der Waals surface area contributed by atoms with E-state index in [1.165, 1.54) is 37.0 Å². The van der Waals surface area contributed by atoms with Crippen molar-refractivity contribution in [2.24, 2.45) is 0 Å². The van der Waals surface area contributed by atoms with Crippen molar-refractivity contribution in [3.63, 3.8) is 0 Å². The Bertz CT molecular complexity index is 210. The number of rotatable bonds is 3. The van der Waals surface area contributed by atoms with Crippen LogP contribution in [0.15, 0.2) is 23.4 Å². The molecule has 0 aromatic carbocycles. The molecule has 0 aliphatic heterocycles. The first kappa shape index (κ1) is 18.6. The fourth-order valence-electron chi connectivity index (χ4n) is 1.60. The van der Waals surface area contributed by atoms with E-state index in [4.69, 9.17) is 0 Å². The Balaban J connectivity index is 0. The van der Waals surface area contributed by atoms with E-state index < -0.39 is 0 Å². The maximum Gasteiger partial charge on any atom is 0.0355 e. The number of hydrogen-bond acceptors (Lipinski definition) is 1. The van der Waals surface area contributed by atoms with Gasteiger partial charge in [0.1, 0.15) is 0 Å². The third-order valence-electron chi connectivity index (χ3n) is 2.53. The molecule has 0 amide bonds. The Morgan fingerprint density at radius 1 is 1.18 bits per heavy atom. The highest BCUT2D eigenvalue weighted by atomic mass is 15.1. The molecule has 0 bridgehead atoms. The SMILES string of the molecule is CC.CC.CC(C)=CCN(C)C1=CCCCC1. The van der Waals surface area contributed by atoms with E-state index in [9.17, 15) is 0 Å². The van der Waals surface area contributed by atoms with Crippen LogP contribution in [-0.2, 0) is 0 Å². The van der Waals surface area contributed by atoms with Crippen molar-refractivity contribution >= 4 is 0 Å². The largest absolute Gasteiger partial charge is 0.374 e. The molecule has 0 radical (unpaired) electrons. The van der Waals surface area contributed by atoms with Crippen LogP contribution in [0, 0.1) is 0 Å². The molecule has 102 valence electrons. The smallest absolute Gasteiger partial charge is 0.0355 e. The molecule has 0 saturated carbocycles. The van der Waals surface area contributed by atoms with Gasteiger partial charge in [-0.05, 0) is 39.5 Å². The highest BCUT2D eigenvalue weighted by molar-refractivity contribution is 5.06. The summed E-state index contributed by atoms with van der Waals surface area (Å²) in [5.41, 5.74) is 2.94. The van der Waals surface area contributed by atoms with Crippen LogP contribution in [0.4, 0.5) is 0 Å². The Kier molecular flexibility index (Phi) is 14.6. The number of nitrogens with zero attached hydrogens (tertiary/aromatic N) is 1. The molecule has 1 aliphatic rings. The minimum Gasteiger partial charge on any atom is -0.374 e. The molecule has 0 saturated heterocycles. The average molecular weight is 239 g/mol. The lowest BCUT2D eigenvalue weighted by atomic mass is 10.0. The van der Waals surface area contributed by atoms with Crippen LogP contribution >= 0.6 is 0 Å². The van der Waals surface area contributed by atoms with Gasteiger partial charge in [-0.1, -0.05) is 45.4 Å². The summed E-state index contributed by atoms with van der Waals surface area (Å²) in [4.78, 5) is 2.37. The summed E-state index contributed by atoms with van der Waals surface area (Å²) in [6.07, 6.45) is 9.96. The van der Waals surface area contributed by atoms with E-state index >= 15 is 0 Å². The van der Waals surface area contributed by atoms with Crippen molar-refractivity contribution in [3.8, 4) is 0 Å². The van der Waals surface area contributed by atoms with Gasteiger partial charge in [-0.3, -0.25) is 0 Å². The van der Waals surface area contributed by atoms with E-state index in [-0.39, 0.29) is 0 Å². The van der Waals surface area contributed by atoms with E-state index in [2.05, 4.69) is 37.9 Å². The standard InChI is InChI=1S/C12H21N.2C2H6/c1-11(2)9-10-13(3)12-7-5-4-6-8-12;2*1-2/h7,9H,4-6,8,10H2,1-3H3;2*1-2H3. The zero-order valence-corrected chi connectivity index (χ0v) is 13.1. The fourth-order valence-corrected chi connectivity index (χ4v) is 1.60. The molecule has 0 N–H and O–H groups in total. The van der Waals surface area contributed by atoms with E-state index in [1.807, 2.05) is 27.7 Å². The molecule has 0 atom stereocenters. The predicted molar refractivity (Wildman–Crippen MR) is 81.3 cm³/mol. The van der Waals surface area contributed by atoms with Crippen molar-refractivity contribution < 1.29 is 0 Å². The minimum absolute atomic E-state index is 1.06. The Morgan fingerprint density at radius 3 is 2.18 bits per heavy atom. The van der Waals surface area contributed by atoms with E-state index in [0.29, 0.717) is 0 Å². The third-order valence-corrected chi connectivity index (χ3v) is 2.53. The van der Waals surface area contributed by atoms with Gasteiger partial charge in [0.25, 0.3) is 0 Å². The highest BCUT2D eigenvalue weighted by Gasteiger charge is 2.06. The van der Waals surface area contributed by atoms with Gasteiger partial charge in [0.15, 0.2) is 0 Å². The van der Waals surface area contributed by atoms with Gasteiger partial charge in [-0.15, -0.1) is 0 Å². The molecule has 0 aromatic rings. The summed E-state index contributed by atoms with van der Waals surface area (Å²) < 4.78 is 0. The quantitative estimate of drug-likeness (QED) is 0.596. The second kappa shape index (κ2) is 13.3. The summed E-state index contributed by atoms with van der Waals surface area (Å²) >= 11 is 0. The summed E-state index contributed by atoms with van der Waals surface area (Å²) in [7, 11) is 2.19. The fraction of sp³-hybridized carbons (Fsp3) is 0.750. The van der Waals surface area contributed by atoms with Gasteiger partial charge in [-0.2, -0.15) is 0 Å². The summed E-state index contributed by atoms with van der Waals surface area (Å²) in [5.74, 6) is 0. The second-order valence-electron chi connectivity index (χ2n) is 4.10. The molecule has 1 aliphatic carbocycles. The summed E-state index contributed by atoms with van der Waals surface area (Å²) in [5, 5.41) is 0. The summed E-state index contributed by atoms with van der Waals surface area (Å²) in [6.45, 7) is 13.4. The van der Waals surface area contributed by atoms with Gasteiger partial charge >= 0.3 is 0 Å². The number of likely N-dealkylation sites (N-methyl/N-ethyl adjacent to an activating group) is 1. The predicted octanol–water partition coefficient (Wildman–Crippen LogP) is 5.39. The topological polar surface area (TPSA) is 3.24 Å². The Hall–Kier alpha value is -0.720. The molecule has 17 heavy (non-hydrogen) atoms. The molecule has 0 heterocycles. The van der Waals surface area contributed by atoms with Crippen molar-refractivity contribution in [3.05, 3.63) is 23.4 Å². The van der Waals surface area contributed by atoms with Crippen LogP contribution in [0.1, 0.15) is 67.2 Å². The van der Waals surface area contributed by atoms with Gasteiger partial charge in [0, 0.05) is 19.3 Å². The second-order valence-corrected chi connectivity index (χ2v) is 4.10. The third kappa shape index (κ3) is 10.2. The van der Waals surface area contributed by atoms with Crippen LogP contribution in [-0.4, -0.2) is 18.5 Å². The zero-order valence-electron chi connectivity index (χ0n) is 13.1. The lowest BCUT2D eigenvalue weighted by molar-refractivity contribution is 0.423. The van der Waals surface area contributed by atoms with Crippen molar-refractivity contribution in [2.45, 2.75) is 67.2 Å². The summed E-state index contributed by atoms with van der Waals surface area (Å²) in [6, 6.07) is 0. The molecule has 1 nitrogen and oxygen atoms in total. The molecular weight excluding hydrogens is 206 g/mol. The monoisotopic (exact) mass is 239 g/mol.